The second-order valence-electron chi connectivity index (χ2n) is 5.74. The third-order valence-corrected chi connectivity index (χ3v) is 5.58. The first-order chi connectivity index (χ1) is 11.0. The van der Waals surface area contributed by atoms with Crippen LogP contribution in [0.3, 0.4) is 0 Å². The summed E-state index contributed by atoms with van der Waals surface area (Å²) in [6.07, 6.45) is 2.12. The molecule has 0 amide bonds. The molecule has 7 heteroatoms. The predicted molar refractivity (Wildman–Crippen MR) is 119 cm³/mol. The maximum atomic E-state index is 4.68. The fourth-order valence-electron chi connectivity index (χ4n) is 1.88. The Bertz CT molecular complexity index is 641. The monoisotopic (exact) mass is 476 g/mol. The highest BCUT2D eigenvalue weighted by Crippen LogP contribution is 2.21. The van der Waals surface area contributed by atoms with E-state index in [-0.39, 0.29) is 28.7 Å². The minimum Gasteiger partial charge on any atom is -0.355 e. The minimum atomic E-state index is 0. The van der Waals surface area contributed by atoms with E-state index >= 15 is 0 Å². The van der Waals surface area contributed by atoms with Crippen LogP contribution in [0.5, 0.6) is 0 Å². The fourth-order valence-corrected chi connectivity index (χ4v) is 2.84. The number of hydrogen-bond acceptors (Lipinski definition) is 4. The van der Waals surface area contributed by atoms with Gasteiger partial charge in [0.05, 0.1) is 12.2 Å². The quantitative estimate of drug-likeness (QED) is 0.372. The second-order valence-corrected chi connectivity index (χ2v) is 8.19. The van der Waals surface area contributed by atoms with Gasteiger partial charge in [-0.25, -0.2) is 4.98 Å². The molecule has 2 rings (SSSR count). The third kappa shape index (κ3) is 6.60. The van der Waals surface area contributed by atoms with Crippen LogP contribution in [0.1, 0.15) is 18.9 Å². The molecular weight excluding hydrogens is 451 g/mol. The Balaban J connectivity index is 0.00000288. The Morgan fingerprint density at radius 1 is 1.25 bits per heavy atom. The zero-order valence-corrected chi connectivity index (χ0v) is 18.5. The lowest BCUT2D eigenvalue weighted by Crippen LogP contribution is -2.42. The molecule has 24 heavy (non-hydrogen) atoms. The smallest absolute Gasteiger partial charge is 0.191 e. The van der Waals surface area contributed by atoms with Crippen molar-refractivity contribution in [3.05, 3.63) is 40.7 Å². The van der Waals surface area contributed by atoms with Gasteiger partial charge in [0, 0.05) is 29.3 Å². The summed E-state index contributed by atoms with van der Waals surface area (Å²) >= 11 is 3.50. The lowest BCUT2D eigenvalue weighted by atomic mass is 10.2. The van der Waals surface area contributed by atoms with Gasteiger partial charge < -0.3 is 10.6 Å². The number of thioether (sulfide) groups is 1. The lowest BCUT2D eigenvalue weighted by molar-refractivity contribution is 0.664. The van der Waals surface area contributed by atoms with Gasteiger partial charge in [0.2, 0.25) is 0 Å². The van der Waals surface area contributed by atoms with Gasteiger partial charge in [-0.05, 0) is 20.1 Å². The average molecular weight is 476 g/mol. The lowest BCUT2D eigenvalue weighted by Gasteiger charge is -2.23. The van der Waals surface area contributed by atoms with Crippen LogP contribution in [0, 0.1) is 0 Å². The molecule has 2 N–H and O–H groups in total. The summed E-state index contributed by atoms with van der Waals surface area (Å²) in [5.41, 5.74) is 2.18. The summed E-state index contributed by atoms with van der Waals surface area (Å²) in [6, 6.07) is 10.2. The fraction of sp³-hybridized carbons (Fsp3) is 0.412. The third-order valence-electron chi connectivity index (χ3n) is 3.49. The molecule has 2 aromatic rings. The van der Waals surface area contributed by atoms with E-state index in [0.29, 0.717) is 6.54 Å². The number of benzene rings is 1. The van der Waals surface area contributed by atoms with Crippen LogP contribution >= 0.6 is 47.1 Å². The molecule has 1 heterocycles. The van der Waals surface area contributed by atoms with E-state index in [1.54, 1.807) is 18.4 Å². The van der Waals surface area contributed by atoms with Crippen LogP contribution in [0.15, 0.2) is 40.7 Å². The van der Waals surface area contributed by atoms with E-state index in [2.05, 4.69) is 58.2 Å². The molecule has 1 aromatic heterocycles. The molecule has 0 aliphatic heterocycles. The molecule has 1 aromatic carbocycles. The highest BCUT2D eigenvalue weighted by atomic mass is 127. The molecule has 4 nitrogen and oxygen atoms in total. The maximum Gasteiger partial charge on any atom is 0.191 e. The largest absolute Gasteiger partial charge is 0.355 e. The predicted octanol–water partition coefficient (Wildman–Crippen LogP) is 4.23. The summed E-state index contributed by atoms with van der Waals surface area (Å²) in [5.74, 6) is 0.809. The first-order valence-corrected chi connectivity index (χ1v) is 9.64. The van der Waals surface area contributed by atoms with Crippen LogP contribution in [-0.4, -0.2) is 35.5 Å². The van der Waals surface area contributed by atoms with E-state index in [9.17, 15) is 0 Å². The summed E-state index contributed by atoms with van der Waals surface area (Å²) in [7, 11) is 1.79. The van der Waals surface area contributed by atoms with Crippen LogP contribution < -0.4 is 10.6 Å². The first kappa shape index (κ1) is 21.2. The number of halogens is 1. The number of aliphatic imine (C=N–C) groups is 1. The van der Waals surface area contributed by atoms with E-state index in [1.165, 1.54) is 0 Å². The van der Waals surface area contributed by atoms with Crippen molar-refractivity contribution in [3.8, 4) is 11.3 Å². The number of hydrogen-bond donors (Lipinski definition) is 2. The molecule has 0 bridgehead atoms. The normalized spacial score (nSPS) is 11.8. The van der Waals surface area contributed by atoms with Gasteiger partial charge in [-0.3, -0.25) is 4.99 Å². The zero-order chi connectivity index (χ0) is 16.7. The number of aromatic nitrogens is 1. The Labute approximate surface area is 170 Å². The van der Waals surface area contributed by atoms with Crippen molar-refractivity contribution in [2.24, 2.45) is 4.99 Å². The molecule has 0 saturated carbocycles. The number of guanidine groups is 1. The number of nitrogens with one attached hydrogen (secondary N) is 2. The SMILES string of the molecule is CN=C(NCc1nc(-c2ccccc2)cs1)NCC(C)(C)SC.I. The molecule has 0 spiro atoms. The van der Waals surface area contributed by atoms with Crippen molar-refractivity contribution in [2.75, 3.05) is 19.8 Å². The van der Waals surface area contributed by atoms with Gasteiger partial charge in [-0.1, -0.05) is 30.3 Å². The number of rotatable bonds is 6. The van der Waals surface area contributed by atoms with Gasteiger partial charge >= 0.3 is 0 Å². The zero-order valence-electron chi connectivity index (χ0n) is 14.5. The number of thiazole rings is 1. The van der Waals surface area contributed by atoms with E-state index in [0.717, 1.165) is 28.8 Å². The summed E-state index contributed by atoms with van der Waals surface area (Å²) in [4.78, 5) is 8.95. The van der Waals surface area contributed by atoms with E-state index in [4.69, 9.17) is 0 Å². The first-order valence-electron chi connectivity index (χ1n) is 7.53. The van der Waals surface area contributed by atoms with Crippen molar-refractivity contribution in [1.82, 2.24) is 15.6 Å². The molecular formula is C17H25IN4S2. The van der Waals surface area contributed by atoms with E-state index in [1.807, 2.05) is 30.0 Å². The van der Waals surface area contributed by atoms with Crippen LogP contribution in [0.2, 0.25) is 0 Å². The molecule has 0 aliphatic carbocycles. The van der Waals surface area contributed by atoms with E-state index < -0.39 is 0 Å². The molecule has 0 radical (unpaired) electrons. The van der Waals surface area contributed by atoms with Gasteiger partial charge in [0.1, 0.15) is 5.01 Å². The summed E-state index contributed by atoms with van der Waals surface area (Å²) < 4.78 is 0.180. The van der Waals surface area contributed by atoms with Crippen molar-refractivity contribution in [2.45, 2.75) is 25.1 Å². The number of nitrogens with zero attached hydrogens (tertiary/aromatic N) is 2. The molecule has 0 unspecified atom stereocenters. The van der Waals surface area contributed by atoms with Gasteiger partial charge in [0.25, 0.3) is 0 Å². The molecule has 0 aliphatic rings. The minimum absolute atomic E-state index is 0. The summed E-state index contributed by atoms with van der Waals surface area (Å²) in [5, 5.41) is 9.84. The average Bonchev–Trinajstić information content (AvgIpc) is 3.05. The van der Waals surface area contributed by atoms with Crippen molar-refractivity contribution in [1.29, 1.82) is 0 Å². The molecule has 132 valence electrons. The Morgan fingerprint density at radius 3 is 2.58 bits per heavy atom. The highest BCUT2D eigenvalue weighted by molar-refractivity contribution is 14.0. The Morgan fingerprint density at radius 2 is 1.96 bits per heavy atom. The summed E-state index contributed by atoms with van der Waals surface area (Å²) in [6.45, 7) is 5.97. The standard InChI is InChI=1S/C17H24N4S2.HI/c1-17(2,22-4)12-20-16(18-3)19-10-15-21-14(11-23-15)13-8-6-5-7-9-13;/h5-9,11H,10,12H2,1-4H3,(H2,18,19,20);1H. The second kappa shape index (κ2) is 10.2. The van der Waals surface area contributed by atoms with Crippen molar-refractivity contribution in [3.63, 3.8) is 0 Å². The van der Waals surface area contributed by atoms with Crippen LogP contribution in [0.4, 0.5) is 0 Å². The molecule has 0 fully saturated rings. The Kier molecular flexibility index (Phi) is 9.07. The van der Waals surface area contributed by atoms with Gasteiger partial charge in [0.15, 0.2) is 5.96 Å². The van der Waals surface area contributed by atoms with Crippen molar-refractivity contribution < 1.29 is 0 Å². The topological polar surface area (TPSA) is 49.3 Å². The molecule has 0 saturated heterocycles. The van der Waals surface area contributed by atoms with Crippen molar-refractivity contribution >= 4 is 53.0 Å². The Hall–Kier alpha value is -0.800. The van der Waals surface area contributed by atoms with Crippen LogP contribution in [-0.2, 0) is 6.54 Å². The highest BCUT2D eigenvalue weighted by Gasteiger charge is 2.16. The molecule has 0 atom stereocenters. The van der Waals surface area contributed by atoms with Gasteiger partial charge in [-0.15, -0.1) is 35.3 Å². The van der Waals surface area contributed by atoms with Crippen LogP contribution in [0.25, 0.3) is 11.3 Å². The van der Waals surface area contributed by atoms with Gasteiger partial charge in [-0.2, -0.15) is 11.8 Å². The maximum absolute atomic E-state index is 4.68.